The highest BCUT2D eigenvalue weighted by atomic mass is 16.3. The molecule has 0 aliphatic heterocycles. The molecular formula is C25H32N4O2. The molecule has 1 N–H and O–H groups in total. The number of oxazole rings is 1. The van der Waals surface area contributed by atoms with E-state index in [0.717, 1.165) is 13.1 Å². The van der Waals surface area contributed by atoms with Crippen molar-refractivity contribution in [1.29, 1.82) is 0 Å². The van der Waals surface area contributed by atoms with Gasteiger partial charge in [-0.1, -0.05) is 54.6 Å². The van der Waals surface area contributed by atoms with Crippen LogP contribution in [0.5, 0.6) is 0 Å². The van der Waals surface area contributed by atoms with E-state index in [1.165, 1.54) is 23.0 Å². The van der Waals surface area contributed by atoms with E-state index in [9.17, 15) is 4.79 Å². The van der Waals surface area contributed by atoms with Crippen molar-refractivity contribution in [3.63, 3.8) is 0 Å². The van der Waals surface area contributed by atoms with Gasteiger partial charge in [-0.3, -0.25) is 9.69 Å². The Balaban J connectivity index is 1.75. The van der Waals surface area contributed by atoms with Gasteiger partial charge >= 0.3 is 0 Å². The molecular weight excluding hydrogens is 388 g/mol. The second-order valence-electron chi connectivity index (χ2n) is 8.10. The van der Waals surface area contributed by atoms with E-state index in [1.54, 1.807) is 0 Å². The first-order valence-electron chi connectivity index (χ1n) is 10.6. The Bertz CT molecular complexity index is 968. The molecule has 31 heavy (non-hydrogen) atoms. The van der Waals surface area contributed by atoms with Gasteiger partial charge < -0.3 is 14.6 Å². The zero-order valence-corrected chi connectivity index (χ0v) is 18.8. The van der Waals surface area contributed by atoms with Gasteiger partial charge in [-0.2, -0.15) is 0 Å². The SMILES string of the molecule is Cc1ccccc1CN(Cc1nc(C(=O)NCCN(C)C)co1)[C@@H](C)c1ccccc1. The van der Waals surface area contributed by atoms with E-state index in [-0.39, 0.29) is 11.9 Å². The van der Waals surface area contributed by atoms with Crippen molar-refractivity contribution in [3.8, 4) is 0 Å². The standard InChI is InChI=1S/C25H32N4O2/c1-19-10-8-9-13-22(19)16-29(20(2)21-11-6-5-7-12-21)17-24-27-23(18-31-24)25(30)26-14-15-28(3)4/h5-13,18,20H,14-17H2,1-4H3,(H,26,30)/t20-/m0/s1. The van der Waals surface area contributed by atoms with E-state index in [0.29, 0.717) is 24.7 Å². The number of rotatable bonds is 10. The molecule has 0 fully saturated rings. The fourth-order valence-corrected chi connectivity index (χ4v) is 3.42. The number of carbonyl (C=O) groups excluding carboxylic acids is 1. The van der Waals surface area contributed by atoms with Gasteiger partial charge in [0.2, 0.25) is 5.89 Å². The van der Waals surface area contributed by atoms with Crippen LogP contribution in [0.25, 0.3) is 0 Å². The highest BCUT2D eigenvalue weighted by molar-refractivity contribution is 5.91. The molecule has 1 atom stereocenters. The van der Waals surface area contributed by atoms with Crippen LogP contribution in [0.3, 0.4) is 0 Å². The average molecular weight is 421 g/mol. The van der Waals surface area contributed by atoms with Gasteiger partial charge in [0.1, 0.15) is 6.26 Å². The third kappa shape index (κ3) is 6.51. The lowest BCUT2D eigenvalue weighted by Crippen LogP contribution is -2.31. The Morgan fingerprint density at radius 3 is 2.48 bits per heavy atom. The molecule has 3 rings (SSSR count). The highest BCUT2D eigenvalue weighted by Crippen LogP contribution is 2.25. The lowest BCUT2D eigenvalue weighted by molar-refractivity contribution is 0.0946. The molecule has 0 bridgehead atoms. The first-order chi connectivity index (χ1) is 14.9. The minimum Gasteiger partial charge on any atom is -0.447 e. The van der Waals surface area contributed by atoms with Gasteiger partial charge in [0.05, 0.1) is 6.54 Å². The Morgan fingerprint density at radius 2 is 1.77 bits per heavy atom. The topological polar surface area (TPSA) is 61.6 Å². The van der Waals surface area contributed by atoms with Crippen molar-refractivity contribution in [1.82, 2.24) is 20.1 Å². The number of benzene rings is 2. The van der Waals surface area contributed by atoms with Crippen molar-refractivity contribution < 1.29 is 9.21 Å². The lowest BCUT2D eigenvalue weighted by atomic mass is 10.0. The van der Waals surface area contributed by atoms with Crippen LogP contribution in [-0.4, -0.2) is 47.9 Å². The third-order valence-corrected chi connectivity index (χ3v) is 5.43. The van der Waals surface area contributed by atoms with Crippen molar-refractivity contribution in [3.05, 3.63) is 89.1 Å². The summed E-state index contributed by atoms with van der Waals surface area (Å²) in [5, 5.41) is 2.88. The number of likely N-dealkylation sites (N-methyl/N-ethyl adjacent to an activating group) is 1. The minimum atomic E-state index is -0.210. The normalized spacial score (nSPS) is 12.3. The van der Waals surface area contributed by atoms with Crippen molar-refractivity contribution in [2.24, 2.45) is 0 Å². The van der Waals surface area contributed by atoms with Crippen LogP contribution < -0.4 is 5.32 Å². The van der Waals surface area contributed by atoms with Crippen LogP contribution in [0.2, 0.25) is 0 Å². The number of amides is 1. The summed E-state index contributed by atoms with van der Waals surface area (Å²) >= 11 is 0. The largest absolute Gasteiger partial charge is 0.447 e. The predicted molar refractivity (Wildman–Crippen MR) is 123 cm³/mol. The summed E-state index contributed by atoms with van der Waals surface area (Å²) in [5.74, 6) is 0.326. The van der Waals surface area contributed by atoms with E-state index >= 15 is 0 Å². The first kappa shape index (κ1) is 22.7. The van der Waals surface area contributed by atoms with Crippen LogP contribution in [-0.2, 0) is 13.1 Å². The maximum Gasteiger partial charge on any atom is 0.273 e. The molecule has 0 spiro atoms. The number of aromatic nitrogens is 1. The fourth-order valence-electron chi connectivity index (χ4n) is 3.42. The summed E-state index contributed by atoms with van der Waals surface area (Å²) in [6.07, 6.45) is 1.44. The van der Waals surface area contributed by atoms with Crippen molar-refractivity contribution in [2.45, 2.75) is 33.0 Å². The van der Waals surface area contributed by atoms with Gasteiger partial charge in [-0.05, 0) is 44.6 Å². The smallest absolute Gasteiger partial charge is 0.273 e. The second kappa shape index (κ2) is 10.9. The van der Waals surface area contributed by atoms with Crippen LogP contribution in [0, 0.1) is 6.92 Å². The van der Waals surface area contributed by atoms with Crippen LogP contribution in [0.15, 0.2) is 65.3 Å². The summed E-state index contributed by atoms with van der Waals surface area (Å²) in [7, 11) is 3.94. The number of hydrogen-bond donors (Lipinski definition) is 1. The summed E-state index contributed by atoms with van der Waals surface area (Å²) in [4.78, 5) is 21.1. The van der Waals surface area contributed by atoms with Crippen LogP contribution >= 0.6 is 0 Å². The zero-order valence-electron chi connectivity index (χ0n) is 18.8. The fraction of sp³-hybridized carbons (Fsp3) is 0.360. The molecule has 1 heterocycles. The Morgan fingerprint density at radius 1 is 1.06 bits per heavy atom. The number of aryl methyl sites for hydroxylation is 1. The monoisotopic (exact) mass is 420 g/mol. The average Bonchev–Trinajstić information content (AvgIpc) is 3.23. The van der Waals surface area contributed by atoms with Gasteiger partial charge in [0.15, 0.2) is 5.69 Å². The highest BCUT2D eigenvalue weighted by Gasteiger charge is 2.21. The maximum atomic E-state index is 12.4. The minimum absolute atomic E-state index is 0.157. The van der Waals surface area contributed by atoms with Crippen molar-refractivity contribution >= 4 is 5.91 Å². The lowest BCUT2D eigenvalue weighted by Gasteiger charge is -2.29. The molecule has 0 unspecified atom stereocenters. The third-order valence-electron chi connectivity index (χ3n) is 5.43. The maximum absolute atomic E-state index is 12.4. The number of nitrogens with one attached hydrogen (secondary N) is 1. The Kier molecular flexibility index (Phi) is 7.98. The van der Waals surface area contributed by atoms with Crippen molar-refractivity contribution in [2.75, 3.05) is 27.2 Å². The number of hydrogen-bond acceptors (Lipinski definition) is 5. The molecule has 0 saturated carbocycles. The molecule has 6 nitrogen and oxygen atoms in total. The summed E-state index contributed by atoms with van der Waals surface area (Å²) < 4.78 is 5.67. The number of carbonyl (C=O) groups is 1. The van der Waals surface area contributed by atoms with Crippen LogP contribution in [0.1, 0.15) is 46.0 Å². The van der Waals surface area contributed by atoms with Gasteiger partial charge in [-0.15, -0.1) is 0 Å². The van der Waals surface area contributed by atoms with Gasteiger partial charge in [0, 0.05) is 25.7 Å². The van der Waals surface area contributed by atoms with E-state index < -0.39 is 0 Å². The molecule has 0 aliphatic carbocycles. The second-order valence-corrected chi connectivity index (χ2v) is 8.10. The van der Waals surface area contributed by atoms with Gasteiger partial charge in [0.25, 0.3) is 5.91 Å². The molecule has 0 radical (unpaired) electrons. The molecule has 1 amide bonds. The van der Waals surface area contributed by atoms with E-state index in [2.05, 4.69) is 77.6 Å². The van der Waals surface area contributed by atoms with E-state index in [4.69, 9.17) is 4.42 Å². The molecule has 2 aromatic carbocycles. The Hall–Kier alpha value is -2.96. The molecule has 3 aromatic rings. The Labute approximate surface area is 184 Å². The molecule has 1 aromatic heterocycles. The molecule has 6 heteroatoms. The molecule has 0 saturated heterocycles. The first-order valence-corrected chi connectivity index (χ1v) is 10.6. The quantitative estimate of drug-likeness (QED) is 0.536. The summed E-state index contributed by atoms with van der Waals surface area (Å²) in [6, 6.07) is 19.0. The predicted octanol–water partition coefficient (Wildman–Crippen LogP) is 4.04. The zero-order chi connectivity index (χ0) is 22.2. The van der Waals surface area contributed by atoms with E-state index in [1.807, 2.05) is 25.1 Å². The molecule has 164 valence electrons. The summed E-state index contributed by atoms with van der Waals surface area (Å²) in [6.45, 7) is 6.92. The summed E-state index contributed by atoms with van der Waals surface area (Å²) in [5.41, 5.74) is 4.06. The van der Waals surface area contributed by atoms with Crippen LogP contribution in [0.4, 0.5) is 0 Å². The molecule has 0 aliphatic rings. The van der Waals surface area contributed by atoms with Gasteiger partial charge in [-0.25, -0.2) is 4.98 Å². The number of nitrogens with zero attached hydrogens (tertiary/aromatic N) is 3.